The second-order valence-corrected chi connectivity index (χ2v) is 13.0. The summed E-state index contributed by atoms with van der Waals surface area (Å²) in [4.78, 5) is 42.5. The summed E-state index contributed by atoms with van der Waals surface area (Å²) in [5, 5.41) is 9.47. The van der Waals surface area contributed by atoms with Crippen LogP contribution in [0.1, 0.15) is 81.7 Å². The van der Waals surface area contributed by atoms with Crippen molar-refractivity contribution >= 4 is 29.5 Å². The highest BCUT2D eigenvalue weighted by Gasteiger charge is 2.29. The Morgan fingerprint density at radius 3 is 2.61 bits per heavy atom. The zero-order valence-corrected chi connectivity index (χ0v) is 27.5. The first kappa shape index (κ1) is 33.0. The van der Waals surface area contributed by atoms with Gasteiger partial charge in [0.25, 0.3) is 0 Å². The summed E-state index contributed by atoms with van der Waals surface area (Å²) in [5.74, 6) is 2.44. The van der Waals surface area contributed by atoms with Crippen LogP contribution in [0, 0.1) is 0 Å². The Bertz CT molecular complexity index is 1470. The third-order valence-corrected chi connectivity index (χ3v) is 8.22. The summed E-state index contributed by atoms with van der Waals surface area (Å²) >= 11 is 0. The van der Waals surface area contributed by atoms with E-state index >= 15 is 0 Å². The number of pyridine rings is 1. The fraction of sp³-hybridized carbons (Fsp3) is 0.514. The van der Waals surface area contributed by atoms with Crippen LogP contribution in [0.15, 0.2) is 48.8 Å². The number of ether oxygens (including phenoxy) is 2. The fourth-order valence-corrected chi connectivity index (χ4v) is 5.94. The molecule has 1 aromatic carbocycles. The minimum Gasteiger partial charge on any atom is -0.458 e. The molecule has 1 unspecified atom stereocenters. The Balaban J connectivity index is 1.25. The SMILES string of the molecule is CCCc1c(NCC(NC(=O)OCc2ccccc2)C(=O)OC(C)(C)C)ncnc1N1CCC(c2ccc3c(n2)NCCC3)CC1. The van der Waals surface area contributed by atoms with Gasteiger partial charge in [0.2, 0.25) is 0 Å². The molecule has 246 valence electrons. The van der Waals surface area contributed by atoms with Gasteiger partial charge in [-0.15, -0.1) is 0 Å². The number of amides is 1. The smallest absolute Gasteiger partial charge is 0.408 e. The monoisotopic (exact) mass is 629 g/mol. The van der Waals surface area contributed by atoms with Gasteiger partial charge in [-0.05, 0) is 70.1 Å². The van der Waals surface area contributed by atoms with Crippen LogP contribution in [0.25, 0.3) is 0 Å². The Morgan fingerprint density at radius 2 is 1.87 bits per heavy atom. The number of benzene rings is 1. The van der Waals surface area contributed by atoms with Gasteiger partial charge in [0, 0.05) is 43.4 Å². The third-order valence-electron chi connectivity index (χ3n) is 8.22. The lowest BCUT2D eigenvalue weighted by molar-refractivity contribution is -0.156. The number of anilines is 3. The average Bonchev–Trinajstić information content (AvgIpc) is 3.06. The van der Waals surface area contributed by atoms with Crippen LogP contribution in [0.5, 0.6) is 0 Å². The van der Waals surface area contributed by atoms with Gasteiger partial charge in [0.1, 0.15) is 42.0 Å². The van der Waals surface area contributed by atoms with Gasteiger partial charge in [0.05, 0.1) is 0 Å². The molecule has 1 fully saturated rings. The summed E-state index contributed by atoms with van der Waals surface area (Å²) < 4.78 is 11.0. The molecule has 0 saturated carbocycles. The molecule has 1 saturated heterocycles. The molecule has 2 aliphatic heterocycles. The van der Waals surface area contributed by atoms with E-state index in [2.05, 4.69) is 44.9 Å². The highest BCUT2D eigenvalue weighted by molar-refractivity contribution is 5.82. The molecule has 3 aromatic rings. The number of carbonyl (C=O) groups excluding carboxylic acids is 2. The maximum Gasteiger partial charge on any atom is 0.408 e. The Hall–Kier alpha value is -4.41. The largest absolute Gasteiger partial charge is 0.458 e. The second kappa shape index (κ2) is 15.2. The van der Waals surface area contributed by atoms with Gasteiger partial charge in [-0.1, -0.05) is 49.7 Å². The first-order valence-electron chi connectivity index (χ1n) is 16.5. The summed E-state index contributed by atoms with van der Waals surface area (Å²) in [6.07, 6.45) is 6.74. The van der Waals surface area contributed by atoms with E-state index in [0.29, 0.717) is 11.7 Å². The summed E-state index contributed by atoms with van der Waals surface area (Å²) in [6, 6.07) is 12.8. The number of nitrogens with zero attached hydrogens (tertiary/aromatic N) is 4. The topological polar surface area (TPSA) is 131 Å². The number of esters is 1. The number of piperidine rings is 1. The molecular weight excluding hydrogens is 582 g/mol. The summed E-state index contributed by atoms with van der Waals surface area (Å²) in [7, 11) is 0. The molecule has 4 heterocycles. The van der Waals surface area contributed by atoms with E-state index in [9.17, 15) is 9.59 Å². The van der Waals surface area contributed by atoms with Crippen molar-refractivity contribution in [1.29, 1.82) is 0 Å². The minimum absolute atomic E-state index is 0.0720. The van der Waals surface area contributed by atoms with Gasteiger partial charge < -0.3 is 30.3 Å². The van der Waals surface area contributed by atoms with E-state index in [1.165, 1.54) is 5.56 Å². The van der Waals surface area contributed by atoms with Gasteiger partial charge >= 0.3 is 12.1 Å². The number of carbonyl (C=O) groups is 2. The number of rotatable bonds is 11. The quantitative estimate of drug-likeness (QED) is 0.230. The van der Waals surface area contributed by atoms with Crippen LogP contribution < -0.4 is 20.9 Å². The average molecular weight is 630 g/mol. The zero-order chi connectivity index (χ0) is 32.5. The number of aryl methyl sites for hydroxylation is 1. The summed E-state index contributed by atoms with van der Waals surface area (Å²) in [5.41, 5.74) is 3.59. The lowest BCUT2D eigenvalue weighted by Gasteiger charge is -2.34. The van der Waals surface area contributed by atoms with Crippen LogP contribution >= 0.6 is 0 Å². The zero-order valence-electron chi connectivity index (χ0n) is 27.5. The maximum absolute atomic E-state index is 13.2. The van der Waals surface area contributed by atoms with Crippen LogP contribution in [0.4, 0.5) is 22.2 Å². The van der Waals surface area contributed by atoms with E-state index in [1.807, 2.05) is 30.3 Å². The second-order valence-electron chi connectivity index (χ2n) is 13.0. The lowest BCUT2D eigenvalue weighted by atomic mass is 9.92. The van der Waals surface area contributed by atoms with Crippen molar-refractivity contribution in [1.82, 2.24) is 20.3 Å². The van der Waals surface area contributed by atoms with Gasteiger partial charge in [0.15, 0.2) is 0 Å². The van der Waals surface area contributed by atoms with E-state index in [-0.39, 0.29) is 13.2 Å². The Labute approximate surface area is 271 Å². The molecule has 5 rings (SSSR count). The molecule has 0 bridgehead atoms. The molecule has 46 heavy (non-hydrogen) atoms. The molecule has 11 nitrogen and oxygen atoms in total. The Kier molecular flexibility index (Phi) is 10.9. The lowest BCUT2D eigenvalue weighted by Crippen LogP contribution is -2.48. The standard InChI is InChI=1S/C35H47N7O4/c1-5-10-27-31(37-21-29(33(43)46-35(2,3)4)41-34(44)45-22-24-11-7-6-8-12-24)38-23-39-32(27)42-19-16-25(17-20-42)28-15-14-26-13-9-18-36-30(26)40-28/h6-8,11-12,14-15,23,25,29H,5,9-10,13,16-22H2,1-4H3,(H,36,40)(H,41,44)(H,37,38,39). The third kappa shape index (κ3) is 8.86. The predicted octanol–water partition coefficient (Wildman–Crippen LogP) is 5.61. The fourth-order valence-electron chi connectivity index (χ4n) is 5.94. The number of nitrogens with one attached hydrogen (secondary N) is 3. The van der Waals surface area contributed by atoms with Crippen molar-refractivity contribution in [3.05, 3.63) is 71.2 Å². The van der Waals surface area contributed by atoms with Gasteiger partial charge in [-0.2, -0.15) is 0 Å². The van der Waals surface area contributed by atoms with E-state index < -0.39 is 23.7 Å². The van der Waals surface area contributed by atoms with Crippen molar-refractivity contribution < 1.29 is 19.1 Å². The van der Waals surface area contributed by atoms with Crippen molar-refractivity contribution in [3.63, 3.8) is 0 Å². The highest BCUT2D eigenvalue weighted by atomic mass is 16.6. The van der Waals surface area contributed by atoms with Crippen LogP contribution in [0.2, 0.25) is 0 Å². The number of hydrogen-bond acceptors (Lipinski definition) is 10. The van der Waals surface area contributed by atoms with Crippen molar-refractivity contribution in [2.45, 2.75) is 90.4 Å². The maximum atomic E-state index is 13.2. The molecule has 0 spiro atoms. The van der Waals surface area contributed by atoms with Crippen molar-refractivity contribution in [2.75, 3.05) is 41.7 Å². The molecule has 2 aliphatic rings. The number of aromatic nitrogens is 3. The molecule has 1 atom stereocenters. The number of alkyl carbamates (subject to hydrolysis) is 1. The highest BCUT2D eigenvalue weighted by Crippen LogP contribution is 2.33. The van der Waals surface area contributed by atoms with E-state index in [4.69, 9.17) is 19.4 Å². The van der Waals surface area contributed by atoms with Crippen molar-refractivity contribution in [2.24, 2.45) is 0 Å². The van der Waals surface area contributed by atoms with Crippen LogP contribution in [-0.2, 0) is 33.7 Å². The predicted molar refractivity (Wildman–Crippen MR) is 179 cm³/mol. The molecule has 11 heteroatoms. The van der Waals surface area contributed by atoms with E-state index in [0.717, 1.165) is 86.6 Å². The van der Waals surface area contributed by atoms with E-state index in [1.54, 1.807) is 27.1 Å². The molecule has 0 radical (unpaired) electrons. The van der Waals surface area contributed by atoms with Crippen molar-refractivity contribution in [3.8, 4) is 0 Å². The van der Waals surface area contributed by atoms with Crippen LogP contribution in [0.3, 0.4) is 0 Å². The molecule has 3 N–H and O–H groups in total. The molecular formula is C35H47N7O4. The normalized spacial score (nSPS) is 15.7. The first-order valence-corrected chi connectivity index (χ1v) is 16.5. The molecule has 0 aliphatic carbocycles. The molecule has 2 aromatic heterocycles. The first-order chi connectivity index (χ1) is 22.2. The number of fused-ring (bicyclic) bond motifs is 1. The number of hydrogen-bond donors (Lipinski definition) is 3. The summed E-state index contributed by atoms with van der Waals surface area (Å²) in [6.45, 7) is 10.4. The Morgan fingerprint density at radius 1 is 1.09 bits per heavy atom. The van der Waals surface area contributed by atoms with Gasteiger partial charge in [-0.25, -0.2) is 24.5 Å². The molecule has 1 amide bonds. The minimum atomic E-state index is -0.996. The van der Waals surface area contributed by atoms with Gasteiger partial charge in [-0.3, -0.25) is 0 Å². The van der Waals surface area contributed by atoms with Crippen LogP contribution in [-0.4, -0.2) is 64.8 Å².